The summed E-state index contributed by atoms with van der Waals surface area (Å²) < 4.78 is 0. The van der Waals surface area contributed by atoms with Gasteiger partial charge in [-0.1, -0.05) is 25.7 Å². The molecule has 0 atom stereocenters. The Kier molecular flexibility index (Phi) is 4.50. The SMILES string of the molecule is N/C1=C(\N=O)CCCCCCCC1. The van der Waals surface area contributed by atoms with E-state index in [2.05, 4.69) is 5.18 Å². The predicted molar refractivity (Wildman–Crippen MR) is 53.9 cm³/mol. The lowest BCUT2D eigenvalue weighted by Crippen LogP contribution is -2.03. The Hall–Kier alpha value is -0.860. The topological polar surface area (TPSA) is 55.4 Å². The van der Waals surface area contributed by atoms with Crippen molar-refractivity contribution < 1.29 is 0 Å². The summed E-state index contributed by atoms with van der Waals surface area (Å²) in [5.74, 6) is 0. The second kappa shape index (κ2) is 5.73. The van der Waals surface area contributed by atoms with Crippen LogP contribution in [0.5, 0.6) is 0 Å². The molecule has 3 heteroatoms. The molecule has 0 bridgehead atoms. The highest BCUT2D eigenvalue weighted by molar-refractivity contribution is 5.09. The van der Waals surface area contributed by atoms with Crippen molar-refractivity contribution in [1.29, 1.82) is 0 Å². The van der Waals surface area contributed by atoms with Crippen molar-refractivity contribution in [2.24, 2.45) is 10.9 Å². The minimum Gasteiger partial charge on any atom is -0.400 e. The molecule has 2 N–H and O–H groups in total. The maximum atomic E-state index is 10.4. The van der Waals surface area contributed by atoms with Crippen molar-refractivity contribution in [2.75, 3.05) is 0 Å². The third-order valence-corrected chi connectivity index (χ3v) is 2.59. The van der Waals surface area contributed by atoms with Crippen LogP contribution < -0.4 is 5.73 Å². The molecule has 0 aromatic rings. The quantitative estimate of drug-likeness (QED) is 0.633. The minimum absolute atomic E-state index is 0.599. The number of hydrogen-bond donors (Lipinski definition) is 1. The first-order valence-electron chi connectivity index (χ1n) is 5.15. The smallest absolute Gasteiger partial charge is 0.103 e. The summed E-state index contributed by atoms with van der Waals surface area (Å²) in [6.07, 6.45) is 8.80. The van der Waals surface area contributed by atoms with E-state index in [4.69, 9.17) is 5.73 Å². The van der Waals surface area contributed by atoms with E-state index in [0.29, 0.717) is 5.70 Å². The standard InChI is InChI=1S/C10H18N2O/c11-9-7-5-3-1-2-4-6-8-10(9)12-13/h1-8,11H2/b10-9-. The van der Waals surface area contributed by atoms with Gasteiger partial charge in [-0.3, -0.25) is 0 Å². The number of hydrogen-bond acceptors (Lipinski definition) is 3. The fourth-order valence-corrected chi connectivity index (χ4v) is 1.72. The van der Waals surface area contributed by atoms with Crippen LogP contribution in [0.1, 0.15) is 51.4 Å². The Morgan fingerprint density at radius 2 is 1.46 bits per heavy atom. The van der Waals surface area contributed by atoms with Gasteiger partial charge in [0.2, 0.25) is 0 Å². The Balaban J connectivity index is 2.55. The summed E-state index contributed by atoms with van der Waals surface area (Å²) in [6.45, 7) is 0. The van der Waals surface area contributed by atoms with Crippen molar-refractivity contribution in [2.45, 2.75) is 51.4 Å². The highest BCUT2D eigenvalue weighted by Crippen LogP contribution is 2.19. The number of nitrogens with zero attached hydrogens (tertiary/aromatic N) is 1. The van der Waals surface area contributed by atoms with E-state index in [-0.39, 0.29) is 0 Å². The Morgan fingerprint density at radius 1 is 0.923 bits per heavy atom. The Morgan fingerprint density at radius 3 is 2.08 bits per heavy atom. The third kappa shape index (κ3) is 3.57. The minimum atomic E-state index is 0.599. The predicted octanol–water partition coefficient (Wildman–Crippen LogP) is 3.06. The molecule has 0 aromatic carbocycles. The lowest BCUT2D eigenvalue weighted by Gasteiger charge is -2.08. The van der Waals surface area contributed by atoms with Gasteiger partial charge < -0.3 is 5.73 Å². The number of nitrogens with two attached hydrogens (primary N) is 1. The van der Waals surface area contributed by atoms with Crippen LogP contribution in [0.25, 0.3) is 0 Å². The molecule has 0 heterocycles. The summed E-state index contributed by atoms with van der Waals surface area (Å²) in [5.41, 5.74) is 7.08. The maximum Gasteiger partial charge on any atom is 0.103 e. The summed E-state index contributed by atoms with van der Waals surface area (Å²) in [4.78, 5) is 10.4. The van der Waals surface area contributed by atoms with Crippen molar-refractivity contribution in [3.63, 3.8) is 0 Å². The van der Waals surface area contributed by atoms with Crippen LogP contribution in [-0.2, 0) is 0 Å². The van der Waals surface area contributed by atoms with Crippen LogP contribution in [-0.4, -0.2) is 0 Å². The van der Waals surface area contributed by atoms with Crippen molar-refractivity contribution in [3.8, 4) is 0 Å². The van der Waals surface area contributed by atoms with Crippen LogP contribution >= 0.6 is 0 Å². The highest BCUT2D eigenvalue weighted by atomic mass is 16.3. The van der Waals surface area contributed by atoms with Gasteiger partial charge in [0.05, 0.1) is 0 Å². The monoisotopic (exact) mass is 182 g/mol. The zero-order valence-corrected chi connectivity index (χ0v) is 8.09. The zero-order chi connectivity index (χ0) is 9.52. The van der Waals surface area contributed by atoms with Gasteiger partial charge in [0, 0.05) is 5.70 Å². The zero-order valence-electron chi connectivity index (χ0n) is 8.09. The van der Waals surface area contributed by atoms with Gasteiger partial charge in [-0.25, -0.2) is 0 Å². The third-order valence-electron chi connectivity index (χ3n) is 2.59. The maximum absolute atomic E-state index is 10.4. The molecule has 0 radical (unpaired) electrons. The van der Waals surface area contributed by atoms with Gasteiger partial charge in [0.25, 0.3) is 0 Å². The highest BCUT2D eigenvalue weighted by Gasteiger charge is 2.06. The second-order valence-electron chi connectivity index (χ2n) is 3.68. The fourth-order valence-electron chi connectivity index (χ4n) is 1.72. The van der Waals surface area contributed by atoms with Gasteiger partial charge in [0.15, 0.2) is 0 Å². The van der Waals surface area contributed by atoms with Crippen molar-refractivity contribution >= 4 is 0 Å². The van der Waals surface area contributed by atoms with E-state index in [1.165, 1.54) is 25.7 Å². The lowest BCUT2D eigenvalue weighted by molar-refractivity contribution is 0.574. The molecular weight excluding hydrogens is 164 g/mol. The second-order valence-corrected chi connectivity index (χ2v) is 3.68. The molecule has 0 aromatic heterocycles. The molecule has 1 aliphatic rings. The van der Waals surface area contributed by atoms with Crippen molar-refractivity contribution in [1.82, 2.24) is 0 Å². The van der Waals surface area contributed by atoms with Crippen LogP contribution in [0.4, 0.5) is 0 Å². The Bertz CT molecular complexity index is 199. The van der Waals surface area contributed by atoms with Gasteiger partial charge in [-0.2, -0.15) is 0 Å². The van der Waals surface area contributed by atoms with E-state index in [1.54, 1.807) is 0 Å². The van der Waals surface area contributed by atoms with Gasteiger partial charge >= 0.3 is 0 Å². The van der Waals surface area contributed by atoms with Gasteiger partial charge in [-0.15, -0.1) is 4.91 Å². The first-order valence-corrected chi connectivity index (χ1v) is 5.15. The number of allylic oxidation sites excluding steroid dienone is 2. The molecule has 0 fully saturated rings. The van der Waals surface area contributed by atoms with E-state index < -0.39 is 0 Å². The van der Waals surface area contributed by atoms with E-state index in [9.17, 15) is 4.91 Å². The molecule has 1 rings (SSSR count). The molecule has 0 aliphatic heterocycles. The molecule has 0 amide bonds. The Labute approximate surface area is 79.4 Å². The van der Waals surface area contributed by atoms with E-state index in [0.717, 1.165) is 31.4 Å². The van der Waals surface area contributed by atoms with Crippen LogP contribution in [0.3, 0.4) is 0 Å². The van der Waals surface area contributed by atoms with Gasteiger partial charge in [0.1, 0.15) is 5.70 Å². The first-order chi connectivity index (χ1) is 6.34. The first kappa shape index (κ1) is 10.2. The number of rotatable bonds is 1. The van der Waals surface area contributed by atoms with Crippen LogP contribution in [0.2, 0.25) is 0 Å². The molecule has 3 nitrogen and oxygen atoms in total. The molecule has 0 spiro atoms. The van der Waals surface area contributed by atoms with Gasteiger partial charge in [-0.05, 0) is 30.9 Å². The largest absolute Gasteiger partial charge is 0.400 e. The molecule has 13 heavy (non-hydrogen) atoms. The molecule has 0 unspecified atom stereocenters. The van der Waals surface area contributed by atoms with E-state index in [1.807, 2.05) is 0 Å². The van der Waals surface area contributed by atoms with Crippen LogP contribution in [0, 0.1) is 4.91 Å². The average Bonchev–Trinajstić information content (AvgIpc) is 2.16. The fraction of sp³-hybridized carbons (Fsp3) is 0.800. The molecule has 0 saturated heterocycles. The molecule has 1 aliphatic carbocycles. The average molecular weight is 182 g/mol. The summed E-state index contributed by atoms with van der Waals surface area (Å²) in [7, 11) is 0. The van der Waals surface area contributed by atoms with Crippen molar-refractivity contribution in [3.05, 3.63) is 16.3 Å². The van der Waals surface area contributed by atoms with E-state index >= 15 is 0 Å². The molecule has 0 saturated carbocycles. The number of nitroso groups, excluding NO2 is 1. The lowest BCUT2D eigenvalue weighted by atomic mass is 10.0. The van der Waals surface area contributed by atoms with Crippen LogP contribution in [0.15, 0.2) is 16.6 Å². The summed E-state index contributed by atoms with van der Waals surface area (Å²) >= 11 is 0. The summed E-state index contributed by atoms with van der Waals surface area (Å²) in [5, 5.41) is 3.01. The normalized spacial score (nSPS) is 26.8. The molecule has 74 valence electrons. The summed E-state index contributed by atoms with van der Waals surface area (Å²) in [6, 6.07) is 0. The molecular formula is C10H18N2O.